The predicted octanol–water partition coefficient (Wildman–Crippen LogP) is 1.84. The van der Waals surface area contributed by atoms with Crippen LogP contribution in [0.2, 0.25) is 0 Å². The van der Waals surface area contributed by atoms with Crippen molar-refractivity contribution in [1.29, 1.82) is 0 Å². The molecular formula is C14H21N3O3S. The lowest BCUT2D eigenvalue weighted by Gasteiger charge is -2.33. The zero-order chi connectivity index (χ0) is 15.2. The normalized spacial score (nSPS) is 19.4. The van der Waals surface area contributed by atoms with Crippen LogP contribution >= 0.6 is 11.3 Å². The van der Waals surface area contributed by atoms with Crippen molar-refractivity contribution in [2.45, 2.75) is 38.6 Å². The van der Waals surface area contributed by atoms with Crippen molar-refractivity contribution in [2.24, 2.45) is 0 Å². The largest absolute Gasteiger partial charge is 0.476 e. The first-order chi connectivity index (χ1) is 10.1. The summed E-state index contributed by atoms with van der Waals surface area (Å²) in [5.41, 5.74) is -0.0766. The number of amides is 1. The maximum atomic E-state index is 11.8. The Bertz CT molecular complexity index is 503. The summed E-state index contributed by atoms with van der Waals surface area (Å²) in [6, 6.07) is 0.631. The first-order valence-electron chi connectivity index (χ1n) is 7.29. The molecule has 2 N–H and O–H groups in total. The molecular weight excluding hydrogens is 290 g/mol. The number of nitrogens with one attached hydrogen (secondary N) is 1. The van der Waals surface area contributed by atoms with E-state index in [9.17, 15) is 9.59 Å². The molecule has 0 aromatic carbocycles. The summed E-state index contributed by atoms with van der Waals surface area (Å²) in [7, 11) is 0. The van der Waals surface area contributed by atoms with Crippen LogP contribution < -0.4 is 5.32 Å². The second-order valence-electron chi connectivity index (χ2n) is 5.33. The highest BCUT2D eigenvalue weighted by Gasteiger charge is 2.18. The molecule has 1 aromatic heterocycles. The van der Waals surface area contributed by atoms with E-state index in [2.05, 4.69) is 22.1 Å². The van der Waals surface area contributed by atoms with Crippen LogP contribution in [0.25, 0.3) is 0 Å². The zero-order valence-corrected chi connectivity index (χ0v) is 13.0. The van der Waals surface area contributed by atoms with Gasteiger partial charge in [0, 0.05) is 24.5 Å². The van der Waals surface area contributed by atoms with Crippen molar-refractivity contribution in [1.82, 2.24) is 15.2 Å². The fourth-order valence-electron chi connectivity index (χ4n) is 2.53. The average Bonchev–Trinajstić information content (AvgIpc) is 2.95. The number of carbonyl (C=O) groups is 2. The third-order valence-electron chi connectivity index (χ3n) is 3.77. The minimum absolute atomic E-state index is 0.0766. The zero-order valence-electron chi connectivity index (χ0n) is 12.2. The molecule has 1 saturated heterocycles. The molecule has 0 saturated carbocycles. The Morgan fingerprint density at radius 2 is 2.33 bits per heavy atom. The summed E-state index contributed by atoms with van der Waals surface area (Å²) in [6.45, 7) is 4.97. The van der Waals surface area contributed by atoms with Gasteiger partial charge in [-0.1, -0.05) is 6.42 Å². The molecule has 21 heavy (non-hydrogen) atoms. The van der Waals surface area contributed by atoms with Crippen LogP contribution in [0.15, 0.2) is 5.38 Å². The molecule has 1 aromatic rings. The van der Waals surface area contributed by atoms with Crippen LogP contribution in [0.4, 0.5) is 0 Å². The van der Waals surface area contributed by atoms with Gasteiger partial charge in [-0.3, -0.25) is 4.79 Å². The molecule has 2 rings (SSSR count). The summed E-state index contributed by atoms with van der Waals surface area (Å²) >= 11 is 1.06. The number of carboxylic acids is 1. The van der Waals surface area contributed by atoms with Gasteiger partial charge in [0.25, 0.3) is 5.91 Å². The maximum Gasteiger partial charge on any atom is 0.355 e. The lowest BCUT2D eigenvalue weighted by atomic mass is 10.0. The maximum absolute atomic E-state index is 11.8. The first-order valence-corrected chi connectivity index (χ1v) is 8.17. The van der Waals surface area contributed by atoms with Gasteiger partial charge in [-0.15, -0.1) is 11.3 Å². The van der Waals surface area contributed by atoms with E-state index in [-0.39, 0.29) is 16.6 Å². The molecule has 1 atom stereocenters. The quantitative estimate of drug-likeness (QED) is 0.783. The van der Waals surface area contributed by atoms with E-state index in [1.54, 1.807) is 0 Å². The fourth-order valence-corrected chi connectivity index (χ4v) is 3.23. The number of likely N-dealkylation sites (tertiary alicyclic amines) is 1. The van der Waals surface area contributed by atoms with Crippen LogP contribution in [0.5, 0.6) is 0 Å². The van der Waals surface area contributed by atoms with E-state index in [0.29, 0.717) is 12.6 Å². The third-order valence-corrected chi connectivity index (χ3v) is 4.61. The number of hydrogen-bond acceptors (Lipinski definition) is 5. The standard InChI is InChI=1S/C14H21N3O3S/c1-10-5-2-3-7-17(10)8-4-6-15-12(18)13-16-11(9-21-13)14(19)20/h9-10H,2-8H2,1H3,(H,15,18)(H,19,20). The molecule has 1 unspecified atom stereocenters. The molecule has 6 nitrogen and oxygen atoms in total. The molecule has 116 valence electrons. The minimum Gasteiger partial charge on any atom is -0.476 e. The molecule has 7 heteroatoms. The van der Waals surface area contributed by atoms with Gasteiger partial charge in [-0.05, 0) is 32.7 Å². The number of aromatic carboxylic acids is 1. The molecule has 0 spiro atoms. The van der Waals surface area contributed by atoms with Crippen molar-refractivity contribution in [3.05, 3.63) is 16.1 Å². The van der Waals surface area contributed by atoms with Crippen molar-refractivity contribution in [3.63, 3.8) is 0 Å². The van der Waals surface area contributed by atoms with Crippen molar-refractivity contribution in [2.75, 3.05) is 19.6 Å². The Labute approximate surface area is 128 Å². The monoisotopic (exact) mass is 311 g/mol. The van der Waals surface area contributed by atoms with Gasteiger partial charge in [0.2, 0.25) is 0 Å². The van der Waals surface area contributed by atoms with Crippen LogP contribution in [-0.2, 0) is 0 Å². The van der Waals surface area contributed by atoms with E-state index in [0.717, 1.165) is 30.8 Å². The summed E-state index contributed by atoms with van der Waals surface area (Å²) in [4.78, 5) is 28.8. The Morgan fingerprint density at radius 3 is 3.00 bits per heavy atom. The van der Waals surface area contributed by atoms with E-state index >= 15 is 0 Å². The molecule has 0 bridgehead atoms. The van der Waals surface area contributed by atoms with Crippen molar-refractivity contribution in [3.8, 4) is 0 Å². The summed E-state index contributed by atoms with van der Waals surface area (Å²) in [5, 5.41) is 13.2. The molecule has 1 fully saturated rings. The minimum atomic E-state index is -1.11. The molecule has 1 aliphatic rings. The van der Waals surface area contributed by atoms with Gasteiger partial charge < -0.3 is 15.3 Å². The van der Waals surface area contributed by atoms with E-state index in [4.69, 9.17) is 5.11 Å². The Hall–Kier alpha value is -1.47. The van der Waals surface area contributed by atoms with Crippen molar-refractivity contribution < 1.29 is 14.7 Å². The lowest BCUT2D eigenvalue weighted by molar-refractivity contribution is 0.0691. The van der Waals surface area contributed by atoms with Crippen LogP contribution in [-0.4, -0.2) is 52.5 Å². The van der Waals surface area contributed by atoms with Crippen LogP contribution in [0, 0.1) is 0 Å². The Balaban J connectivity index is 1.70. The van der Waals surface area contributed by atoms with Gasteiger partial charge in [-0.2, -0.15) is 0 Å². The second kappa shape index (κ2) is 7.51. The van der Waals surface area contributed by atoms with Gasteiger partial charge in [-0.25, -0.2) is 9.78 Å². The molecule has 2 heterocycles. The van der Waals surface area contributed by atoms with E-state index in [1.807, 2.05) is 0 Å². The topological polar surface area (TPSA) is 82.5 Å². The summed E-state index contributed by atoms with van der Waals surface area (Å²) in [6.07, 6.45) is 4.72. The van der Waals surface area contributed by atoms with Crippen molar-refractivity contribution >= 4 is 23.2 Å². The van der Waals surface area contributed by atoms with Crippen LogP contribution in [0.3, 0.4) is 0 Å². The molecule has 1 aliphatic heterocycles. The van der Waals surface area contributed by atoms with E-state index < -0.39 is 5.97 Å². The van der Waals surface area contributed by atoms with Gasteiger partial charge in [0.15, 0.2) is 10.7 Å². The van der Waals surface area contributed by atoms with Crippen LogP contribution in [0.1, 0.15) is 52.9 Å². The van der Waals surface area contributed by atoms with Gasteiger partial charge >= 0.3 is 5.97 Å². The SMILES string of the molecule is CC1CCCCN1CCCNC(=O)c1nc(C(=O)O)cs1. The third kappa shape index (κ3) is 4.50. The second-order valence-corrected chi connectivity index (χ2v) is 6.19. The van der Waals surface area contributed by atoms with Gasteiger partial charge in [0.1, 0.15) is 0 Å². The molecule has 0 aliphatic carbocycles. The number of rotatable bonds is 6. The lowest BCUT2D eigenvalue weighted by Crippen LogP contribution is -2.39. The highest BCUT2D eigenvalue weighted by molar-refractivity contribution is 7.11. The number of carboxylic acid groups (broad SMARTS) is 1. The number of nitrogens with zero attached hydrogens (tertiary/aromatic N) is 2. The highest BCUT2D eigenvalue weighted by Crippen LogP contribution is 2.16. The number of piperidine rings is 1. The summed E-state index contributed by atoms with van der Waals surface area (Å²) < 4.78 is 0. The number of carbonyl (C=O) groups excluding carboxylic acids is 1. The Morgan fingerprint density at radius 1 is 1.52 bits per heavy atom. The smallest absolute Gasteiger partial charge is 0.355 e. The van der Waals surface area contributed by atoms with E-state index in [1.165, 1.54) is 24.6 Å². The number of hydrogen-bond donors (Lipinski definition) is 2. The average molecular weight is 311 g/mol. The molecule has 0 radical (unpaired) electrons. The summed E-state index contributed by atoms with van der Waals surface area (Å²) in [5.74, 6) is -1.40. The number of thiazole rings is 1. The molecule has 1 amide bonds. The number of aromatic nitrogens is 1. The fraction of sp³-hybridized carbons (Fsp3) is 0.643. The first kappa shape index (κ1) is 15.9. The Kier molecular flexibility index (Phi) is 5.69. The predicted molar refractivity (Wildman–Crippen MR) is 80.9 cm³/mol. The van der Waals surface area contributed by atoms with Gasteiger partial charge in [0.05, 0.1) is 0 Å². The highest BCUT2D eigenvalue weighted by atomic mass is 32.1.